The Morgan fingerprint density at radius 1 is 1.18 bits per heavy atom. The number of nitrogens with zero attached hydrogens (tertiary/aromatic N) is 1. The molecule has 6 nitrogen and oxygen atoms in total. The van der Waals surface area contributed by atoms with Gasteiger partial charge in [-0.05, 0) is 43.3 Å². The van der Waals surface area contributed by atoms with Gasteiger partial charge in [-0.1, -0.05) is 18.6 Å². The number of rotatable bonds is 6. The monoisotopic (exact) mass is 416 g/mol. The molecule has 0 unspecified atom stereocenters. The highest BCUT2D eigenvalue weighted by Gasteiger charge is 2.15. The molecular weight excluding hydrogens is 396 g/mol. The Hall–Kier alpha value is -2.71. The first-order chi connectivity index (χ1) is 13.3. The average Bonchev–Trinajstić information content (AvgIpc) is 3.16. The summed E-state index contributed by atoms with van der Waals surface area (Å²) in [5.41, 5.74) is 3.01. The summed E-state index contributed by atoms with van der Waals surface area (Å²) in [6.45, 7) is 3.57. The second-order valence-corrected chi connectivity index (χ2v) is 9.26. The maximum absolute atomic E-state index is 12.4. The molecule has 3 aromatic rings. The van der Waals surface area contributed by atoms with Crippen molar-refractivity contribution in [1.29, 1.82) is 0 Å². The minimum atomic E-state index is -3.29. The number of amides is 1. The third-order valence-corrected chi connectivity index (χ3v) is 6.72. The lowest BCUT2D eigenvalue weighted by Crippen LogP contribution is -2.12. The highest BCUT2D eigenvalue weighted by molar-refractivity contribution is 7.91. The number of hydrogen-bond acceptors (Lipinski definition) is 6. The van der Waals surface area contributed by atoms with Crippen LogP contribution in [0.3, 0.4) is 0 Å². The predicted molar refractivity (Wildman–Crippen MR) is 111 cm³/mol. The van der Waals surface area contributed by atoms with Crippen molar-refractivity contribution in [2.75, 3.05) is 18.2 Å². The van der Waals surface area contributed by atoms with E-state index in [0.717, 1.165) is 11.1 Å². The second kappa shape index (κ2) is 8.12. The van der Waals surface area contributed by atoms with Crippen LogP contribution in [-0.4, -0.2) is 32.2 Å². The van der Waals surface area contributed by atoms with E-state index >= 15 is 0 Å². The number of sulfone groups is 1. The zero-order valence-electron chi connectivity index (χ0n) is 15.7. The van der Waals surface area contributed by atoms with E-state index in [2.05, 4.69) is 10.3 Å². The van der Waals surface area contributed by atoms with Gasteiger partial charge in [0.05, 0.1) is 23.5 Å². The highest BCUT2D eigenvalue weighted by Crippen LogP contribution is 2.33. The summed E-state index contributed by atoms with van der Waals surface area (Å²) in [4.78, 5) is 17.1. The van der Waals surface area contributed by atoms with E-state index in [9.17, 15) is 13.2 Å². The largest absolute Gasteiger partial charge is 0.496 e. The minimum Gasteiger partial charge on any atom is -0.496 e. The van der Waals surface area contributed by atoms with Crippen LogP contribution in [0, 0.1) is 6.92 Å². The first-order valence-corrected chi connectivity index (χ1v) is 11.1. The Morgan fingerprint density at radius 2 is 1.89 bits per heavy atom. The first-order valence-electron chi connectivity index (χ1n) is 8.58. The van der Waals surface area contributed by atoms with E-state index in [1.165, 1.54) is 35.6 Å². The molecule has 0 atom stereocenters. The van der Waals surface area contributed by atoms with Gasteiger partial charge in [0, 0.05) is 16.5 Å². The Kier molecular flexibility index (Phi) is 5.81. The van der Waals surface area contributed by atoms with Crippen molar-refractivity contribution < 1.29 is 17.9 Å². The van der Waals surface area contributed by atoms with Gasteiger partial charge >= 0.3 is 0 Å². The maximum Gasteiger partial charge on any atom is 0.257 e. The topological polar surface area (TPSA) is 85.4 Å². The maximum atomic E-state index is 12.4. The Labute approximate surface area is 168 Å². The van der Waals surface area contributed by atoms with Crippen LogP contribution in [-0.2, 0) is 9.84 Å². The molecule has 0 radical (unpaired) electrons. The van der Waals surface area contributed by atoms with Gasteiger partial charge in [-0.2, -0.15) is 0 Å². The molecule has 0 bridgehead atoms. The van der Waals surface area contributed by atoms with Crippen LogP contribution < -0.4 is 10.1 Å². The number of carbonyl (C=O) groups is 1. The minimum absolute atomic E-state index is 0.0167. The van der Waals surface area contributed by atoms with Crippen LogP contribution in [0.15, 0.2) is 52.7 Å². The van der Waals surface area contributed by atoms with E-state index in [1.54, 1.807) is 14.0 Å². The zero-order chi connectivity index (χ0) is 20.3. The van der Waals surface area contributed by atoms with Crippen LogP contribution in [0.25, 0.3) is 11.3 Å². The summed E-state index contributed by atoms with van der Waals surface area (Å²) < 4.78 is 29.1. The number of hydrogen-bond donors (Lipinski definition) is 1. The van der Waals surface area contributed by atoms with Gasteiger partial charge in [0.25, 0.3) is 5.91 Å². The number of ether oxygens (including phenoxy) is 1. The van der Waals surface area contributed by atoms with Crippen molar-refractivity contribution in [3.63, 3.8) is 0 Å². The molecular formula is C20H20N2O4S2. The second-order valence-electron chi connectivity index (χ2n) is 6.12. The number of anilines is 1. The summed E-state index contributed by atoms with van der Waals surface area (Å²) in [6, 6.07) is 11.7. The molecule has 1 amide bonds. The van der Waals surface area contributed by atoms with Gasteiger partial charge < -0.3 is 4.74 Å². The quantitative estimate of drug-likeness (QED) is 0.652. The van der Waals surface area contributed by atoms with E-state index in [4.69, 9.17) is 4.74 Å². The molecule has 0 saturated heterocycles. The van der Waals surface area contributed by atoms with Gasteiger partial charge in [-0.15, -0.1) is 11.3 Å². The molecule has 146 valence electrons. The van der Waals surface area contributed by atoms with Crippen LogP contribution in [0.2, 0.25) is 0 Å². The van der Waals surface area contributed by atoms with Crippen molar-refractivity contribution in [3.8, 4) is 17.0 Å². The predicted octanol–water partition coefficient (Wildman–Crippen LogP) is 4.17. The van der Waals surface area contributed by atoms with Crippen molar-refractivity contribution in [2.24, 2.45) is 0 Å². The van der Waals surface area contributed by atoms with Crippen molar-refractivity contribution in [3.05, 3.63) is 59.0 Å². The molecule has 1 aromatic heterocycles. The molecule has 2 aromatic carbocycles. The number of methoxy groups -OCH3 is 1. The Morgan fingerprint density at radius 3 is 2.54 bits per heavy atom. The van der Waals surface area contributed by atoms with Crippen LogP contribution >= 0.6 is 11.3 Å². The molecule has 28 heavy (non-hydrogen) atoms. The van der Waals surface area contributed by atoms with Crippen molar-refractivity contribution in [2.45, 2.75) is 18.7 Å². The van der Waals surface area contributed by atoms with Crippen LogP contribution in [0.1, 0.15) is 22.8 Å². The van der Waals surface area contributed by atoms with Gasteiger partial charge in [0.15, 0.2) is 15.0 Å². The zero-order valence-corrected chi connectivity index (χ0v) is 17.4. The Bertz CT molecular complexity index is 1100. The molecule has 0 fully saturated rings. The normalized spacial score (nSPS) is 11.2. The molecule has 1 heterocycles. The van der Waals surface area contributed by atoms with Gasteiger partial charge in [0.2, 0.25) is 0 Å². The fourth-order valence-electron chi connectivity index (χ4n) is 2.63. The van der Waals surface area contributed by atoms with E-state index in [1.807, 2.05) is 30.5 Å². The molecule has 8 heteroatoms. The number of benzene rings is 2. The smallest absolute Gasteiger partial charge is 0.257 e. The van der Waals surface area contributed by atoms with Gasteiger partial charge in [0.1, 0.15) is 5.75 Å². The molecule has 0 aliphatic carbocycles. The summed E-state index contributed by atoms with van der Waals surface area (Å²) in [5, 5.41) is 5.05. The fraction of sp³-hybridized carbons (Fsp3) is 0.200. The van der Waals surface area contributed by atoms with Crippen molar-refractivity contribution >= 4 is 32.2 Å². The molecule has 0 aliphatic heterocycles. The number of carbonyl (C=O) groups excluding carboxylic acids is 1. The van der Waals surface area contributed by atoms with Crippen molar-refractivity contribution in [1.82, 2.24) is 4.98 Å². The molecule has 0 saturated carbocycles. The summed E-state index contributed by atoms with van der Waals surface area (Å²) in [5.74, 6) is 0.377. The van der Waals surface area contributed by atoms with E-state index in [-0.39, 0.29) is 16.6 Å². The third-order valence-electron chi connectivity index (χ3n) is 4.21. The number of thiazole rings is 1. The first kappa shape index (κ1) is 20.0. The van der Waals surface area contributed by atoms with E-state index < -0.39 is 9.84 Å². The SMILES string of the molecule is CCS(=O)(=O)c1ccc(C(=O)Nc2nc(-c3cc(C)ccc3OC)cs2)cc1. The fourth-order valence-corrected chi connectivity index (χ4v) is 4.22. The summed E-state index contributed by atoms with van der Waals surface area (Å²) in [7, 11) is -1.69. The number of nitrogens with one attached hydrogen (secondary N) is 1. The average molecular weight is 417 g/mol. The Balaban J connectivity index is 1.79. The standard InChI is InChI=1S/C20H20N2O4S2/c1-4-28(24,25)15-8-6-14(7-9-15)19(23)22-20-21-17(12-27-20)16-11-13(2)5-10-18(16)26-3/h5-12H,4H2,1-3H3,(H,21,22,23). The molecule has 0 spiro atoms. The van der Waals surface area contributed by atoms with Gasteiger partial charge in [-0.25, -0.2) is 13.4 Å². The third kappa shape index (κ3) is 4.23. The van der Waals surface area contributed by atoms with Crippen LogP contribution in [0.5, 0.6) is 5.75 Å². The highest BCUT2D eigenvalue weighted by atomic mass is 32.2. The lowest BCUT2D eigenvalue weighted by atomic mass is 10.1. The summed E-state index contributed by atoms with van der Waals surface area (Å²) >= 11 is 1.31. The lowest BCUT2D eigenvalue weighted by molar-refractivity contribution is 0.102. The molecule has 3 rings (SSSR count). The van der Waals surface area contributed by atoms with E-state index in [0.29, 0.717) is 22.1 Å². The number of aromatic nitrogens is 1. The molecule has 1 N–H and O–H groups in total. The van der Waals surface area contributed by atoms with Gasteiger partial charge in [-0.3, -0.25) is 10.1 Å². The lowest BCUT2D eigenvalue weighted by Gasteiger charge is -2.07. The van der Waals surface area contributed by atoms with Crippen LogP contribution in [0.4, 0.5) is 5.13 Å². The summed E-state index contributed by atoms with van der Waals surface area (Å²) in [6.07, 6.45) is 0. The molecule has 0 aliphatic rings. The number of aryl methyl sites for hydroxylation is 1.